The standard InChI is InChI=1S/C19H23ClN2O3/c20-16-6-4-13(5-7-16)8-21-9-15-10-22(17(23)14-2-1-3-14)12-19(15,11-21)18(24)25/h4-7,14-15H,1-3,8-12H2,(H,24,25)/t15-,19-/m0/s1. The first-order valence-electron chi connectivity index (χ1n) is 8.97. The predicted octanol–water partition coefficient (Wildman–Crippen LogP) is 2.49. The second kappa shape index (κ2) is 6.29. The van der Waals surface area contributed by atoms with Gasteiger partial charge in [0.15, 0.2) is 0 Å². The molecule has 1 aliphatic carbocycles. The Morgan fingerprint density at radius 1 is 1.16 bits per heavy atom. The van der Waals surface area contributed by atoms with Crippen LogP contribution in [-0.4, -0.2) is 53.0 Å². The number of carbonyl (C=O) groups is 2. The Hall–Kier alpha value is -1.59. The average molecular weight is 363 g/mol. The van der Waals surface area contributed by atoms with E-state index in [1.165, 1.54) is 0 Å². The van der Waals surface area contributed by atoms with Crippen molar-refractivity contribution in [3.63, 3.8) is 0 Å². The van der Waals surface area contributed by atoms with Crippen LogP contribution in [0.4, 0.5) is 0 Å². The van der Waals surface area contributed by atoms with Crippen molar-refractivity contribution in [1.82, 2.24) is 9.80 Å². The molecule has 2 saturated heterocycles. The molecule has 0 unspecified atom stereocenters. The van der Waals surface area contributed by atoms with E-state index in [0.29, 0.717) is 24.7 Å². The van der Waals surface area contributed by atoms with Gasteiger partial charge in [0, 0.05) is 49.6 Å². The minimum absolute atomic E-state index is 0.0151. The second-order valence-corrected chi connectivity index (χ2v) is 8.24. The van der Waals surface area contributed by atoms with Crippen molar-refractivity contribution >= 4 is 23.5 Å². The molecular weight excluding hydrogens is 340 g/mol. The molecule has 1 saturated carbocycles. The van der Waals surface area contributed by atoms with Gasteiger partial charge in [-0.15, -0.1) is 0 Å². The lowest BCUT2D eigenvalue weighted by Gasteiger charge is -2.31. The highest BCUT2D eigenvalue weighted by Crippen LogP contribution is 2.44. The van der Waals surface area contributed by atoms with Gasteiger partial charge >= 0.3 is 5.97 Å². The maximum Gasteiger partial charge on any atom is 0.313 e. The molecule has 2 heterocycles. The third kappa shape index (κ3) is 2.93. The van der Waals surface area contributed by atoms with Gasteiger partial charge in [-0.2, -0.15) is 0 Å². The van der Waals surface area contributed by atoms with Crippen LogP contribution in [-0.2, 0) is 16.1 Å². The molecule has 5 nitrogen and oxygen atoms in total. The van der Waals surface area contributed by atoms with E-state index in [4.69, 9.17) is 11.6 Å². The maximum atomic E-state index is 12.5. The molecule has 2 atom stereocenters. The fourth-order valence-corrected chi connectivity index (χ4v) is 4.65. The summed E-state index contributed by atoms with van der Waals surface area (Å²) >= 11 is 5.93. The SMILES string of the molecule is O=C(C1CCC1)N1C[C@@H]2CN(Cc3ccc(Cl)cc3)C[C@]2(C(=O)O)C1. The van der Waals surface area contributed by atoms with Crippen molar-refractivity contribution in [3.05, 3.63) is 34.9 Å². The monoisotopic (exact) mass is 362 g/mol. The molecule has 0 radical (unpaired) electrons. The number of rotatable bonds is 4. The summed E-state index contributed by atoms with van der Waals surface area (Å²) in [6.07, 6.45) is 3.04. The Kier molecular flexibility index (Phi) is 4.24. The average Bonchev–Trinajstić information content (AvgIpc) is 3.02. The molecule has 0 aromatic heterocycles. The number of carboxylic acids is 1. The predicted molar refractivity (Wildman–Crippen MR) is 94.2 cm³/mol. The molecule has 1 aromatic rings. The minimum Gasteiger partial charge on any atom is -0.481 e. The number of carboxylic acid groups (broad SMARTS) is 1. The lowest BCUT2D eigenvalue weighted by atomic mass is 9.81. The third-order valence-electron chi connectivity index (χ3n) is 6.19. The van der Waals surface area contributed by atoms with Crippen LogP contribution in [0.3, 0.4) is 0 Å². The minimum atomic E-state index is -0.814. The number of carbonyl (C=O) groups excluding carboxylic acids is 1. The Labute approximate surface area is 152 Å². The summed E-state index contributed by atoms with van der Waals surface area (Å²) in [7, 11) is 0. The number of fused-ring (bicyclic) bond motifs is 1. The van der Waals surface area contributed by atoms with Crippen molar-refractivity contribution < 1.29 is 14.7 Å². The van der Waals surface area contributed by atoms with Gasteiger partial charge in [-0.1, -0.05) is 30.2 Å². The maximum absolute atomic E-state index is 12.5. The van der Waals surface area contributed by atoms with Gasteiger partial charge in [-0.3, -0.25) is 14.5 Å². The first-order chi connectivity index (χ1) is 12.0. The zero-order chi connectivity index (χ0) is 17.6. The van der Waals surface area contributed by atoms with Crippen LogP contribution < -0.4 is 0 Å². The van der Waals surface area contributed by atoms with Gasteiger partial charge in [-0.25, -0.2) is 0 Å². The molecule has 3 fully saturated rings. The van der Waals surface area contributed by atoms with Gasteiger partial charge in [0.1, 0.15) is 5.41 Å². The van der Waals surface area contributed by atoms with E-state index in [1.807, 2.05) is 29.2 Å². The molecule has 4 rings (SSSR count). The van der Waals surface area contributed by atoms with Gasteiger partial charge in [0.25, 0.3) is 0 Å². The molecule has 1 aromatic carbocycles. The number of nitrogens with zero attached hydrogens (tertiary/aromatic N) is 2. The van der Waals surface area contributed by atoms with E-state index in [1.54, 1.807) is 0 Å². The van der Waals surface area contributed by atoms with Gasteiger partial charge < -0.3 is 10.0 Å². The summed E-state index contributed by atoms with van der Waals surface area (Å²) in [5.41, 5.74) is 0.318. The lowest BCUT2D eigenvalue weighted by molar-refractivity contribution is -0.149. The van der Waals surface area contributed by atoms with Crippen LogP contribution in [0, 0.1) is 17.3 Å². The van der Waals surface area contributed by atoms with Crippen LogP contribution in [0.15, 0.2) is 24.3 Å². The first-order valence-corrected chi connectivity index (χ1v) is 9.35. The molecule has 25 heavy (non-hydrogen) atoms. The van der Waals surface area contributed by atoms with E-state index >= 15 is 0 Å². The Morgan fingerprint density at radius 2 is 1.88 bits per heavy atom. The topological polar surface area (TPSA) is 60.9 Å². The van der Waals surface area contributed by atoms with Crippen molar-refractivity contribution in [2.75, 3.05) is 26.2 Å². The Bertz CT molecular complexity index is 688. The Morgan fingerprint density at radius 3 is 2.44 bits per heavy atom. The third-order valence-corrected chi connectivity index (χ3v) is 6.44. The Balaban J connectivity index is 1.46. The van der Waals surface area contributed by atoms with Gasteiger partial charge in [0.05, 0.1) is 0 Å². The highest BCUT2D eigenvalue weighted by molar-refractivity contribution is 6.30. The number of amides is 1. The quantitative estimate of drug-likeness (QED) is 0.894. The van der Waals surface area contributed by atoms with Gasteiger partial charge in [0.2, 0.25) is 5.91 Å². The number of aliphatic carboxylic acids is 1. The first kappa shape index (κ1) is 16.9. The van der Waals surface area contributed by atoms with E-state index < -0.39 is 11.4 Å². The number of hydrogen-bond donors (Lipinski definition) is 1. The van der Waals surface area contributed by atoms with Crippen molar-refractivity contribution in [3.8, 4) is 0 Å². The summed E-state index contributed by atoms with van der Waals surface area (Å²) < 4.78 is 0. The normalized spacial score (nSPS) is 29.5. The van der Waals surface area contributed by atoms with E-state index in [-0.39, 0.29) is 17.7 Å². The second-order valence-electron chi connectivity index (χ2n) is 7.80. The van der Waals surface area contributed by atoms with Gasteiger partial charge in [-0.05, 0) is 30.5 Å². The molecule has 0 spiro atoms. The highest BCUT2D eigenvalue weighted by atomic mass is 35.5. The summed E-state index contributed by atoms with van der Waals surface area (Å²) in [6, 6.07) is 7.69. The molecule has 1 amide bonds. The summed E-state index contributed by atoms with van der Waals surface area (Å²) in [5.74, 6) is -0.443. The smallest absolute Gasteiger partial charge is 0.313 e. The van der Waals surface area contributed by atoms with Crippen LogP contribution in [0.5, 0.6) is 0 Å². The number of likely N-dealkylation sites (tertiary alicyclic amines) is 2. The van der Waals surface area contributed by atoms with E-state index in [0.717, 1.165) is 37.9 Å². The molecule has 134 valence electrons. The van der Waals surface area contributed by atoms with Crippen molar-refractivity contribution in [2.24, 2.45) is 17.3 Å². The fourth-order valence-electron chi connectivity index (χ4n) is 4.52. The van der Waals surface area contributed by atoms with Crippen molar-refractivity contribution in [2.45, 2.75) is 25.8 Å². The molecular formula is C19H23ClN2O3. The number of halogens is 1. The lowest BCUT2D eigenvalue weighted by Crippen LogP contribution is -2.44. The van der Waals surface area contributed by atoms with Crippen LogP contribution in [0.2, 0.25) is 5.02 Å². The highest BCUT2D eigenvalue weighted by Gasteiger charge is 2.58. The zero-order valence-corrected chi connectivity index (χ0v) is 14.9. The number of hydrogen-bond acceptors (Lipinski definition) is 3. The molecule has 1 N–H and O–H groups in total. The largest absolute Gasteiger partial charge is 0.481 e. The van der Waals surface area contributed by atoms with Crippen LogP contribution >= 0.6 is 11.6 Å². The zero-order valence-electron chi connectivity index (χ0n) is 14.2. The molecule has 6 heteroatoms. The summed E-state index contributed by atoms with van der Waals surface area (Å²) in [6.45, 7) is 2.89. The van der Waals surface area contributed by atoms with E-state index in [9.17, 15) is 14.7 Å². The van der Waals surface area contributed by atoms with E-state index in [2.05, 4.69) is 4.90 Å². The summed E-state index contributed by atoms with van der Waals surface area (Å²) in [4.78, 5) is 28.6. The summed E-state index contributed by atoms with van der Waals surface area (Å²) in [5, 5.41) is 10.6. The molecule has 2 aliphatic heterocycles. The van der Waals surface area contributed by atoms with Crippen molar-refractivity contribution in [1.29, 1.82) is 0 Å². The van der Waals surface area contributed by atoms with Crippen LogP contribution in [0.1, 0.15) is 24.8 Å². The van der Waals surface area contributed by atoms with Crippen LogP contribution in [0.25, 0.3) is 0 Å². The number of benzene rings is 1. The molecule has 0 bridgehead atoms. The molecule has 3 aliphatic rings. The fraction of sp³-hybridized carbons (Fsp3) is 0.579.